The van der Waals surface area contributed by atoms with Crippen molar-refractivity contribution in [2.75, 3.05) is 0 Å². The van der Waals surface area contributed by atoms with Crippen LogP contribution in [0, 0.1) is 3.57 Å². The summed E-state index contributed by atoms with van der Waals surface area (Å²) in [5.41, 5.74) is 0. The van der Waals surface area contributed by atoms with Gasteiger partial charge in [-0.2, -0.15) is 8.78 Å². The Balaban J connectivity index is 2.71. The molecule has 0 N–H and O–H groups in total. The highest BCUT2D eigenvalue weighted by Crippen LogP contribution is 2.31. The van der Waals surface area contributed by atoms with E-state index in [2.05, 4.69) is 9.47 Å². The van der Waals surface area contributed by atoms with Crippen molar-refractivity contribution in [1.82, 2.24) is 0 Å². The Labute approximate surface area is 111 Å². The zero-order chi connectivity index (χ0) is 14.0. The van der Waals surface area contributed by atoms with Crippen molar-refractivity contribution in [2.45, 2.75) is 18.8 Å². The van der Waals surface area contributed by atoms with E-state index >= 15 is 0 Å². The summed E-state index contributed by atoms with van der Waals surface area (Å²) in [5, 5.41) is 0. The molecule has 1 aromatic rings. The number of hydrogen-bond acceptors (Lipinski definition) is 2. The Kier molecular flexibility index (Phi) is 4.70. The van der Waals surface area contributed by atoms with Crippen molar-refractivity contribution in [2.24, 2.45) is 0 Å². The van der Waals surface area contributed by atoms with Crippen molar-refractivity contribution in [1.29, 1.82) is 0 Å². The van der Waals surface area contributed by atoms with Gasteiger partial charge in [-0.15, -0.1) is 13.2 Å². The third kappa shape index (κ3) is 4.88. The van der Waals surface area contributed by atoms with E-state index in [-0.39, 0.29) is 0 Å². The Morgan fingerprint density at radius 3 is 1.94 bits per heavy atom. The molecule has 0 amide bonds. The SMILES string of the molecule is F[C@H](OC(F)(F)F)C(F)(F)Oc1ccc(I)cc1. The predicted octanol–water partition coefficient (Wildman–Crippen LogP) is 4.09. The summed E-state index contributed by atoms with van der Waals surface area (Å²) in [6, 6.07) is 4.86. The molecule has 0 saturated heterocycles. The largest absolute Gasteiger partial charge is 0.525 e. The fraction of sp³-hybridized carbons (Fsp3) is 0.333. The number of benzene rings is 1. The lowest BCUT2D eigenvalue weighted by atomic mass is 10.3. The van der Waals surface area contributed by atoms with Gasteiger partial charge in [0.1, 0.15) is 5.75 Å². The lowest BCUT2D eigenvalue weighted by Crippen LogP contribution is -2.41. The van der Waals surface area contributed by atoms with Crippen molar-refractivity contribution < 1.29 is 35.8 Å². The standard InChI is InChI=1S/C9H5F6IO2/c10-7(18-9(13,14)15)8(11,12)17-6-3-1-5(16)2-4-6/h1-4,7H/t7-/m1/s1. The normalized spacial score (nSPS) is 14.4. The summed E-state index contributed by atoms with van der Waals surface area (Å²) in [4.78, 5) is 0. The van der Waals surface area contributed by atoms with Crippen LogP contribution in [-0.2, 0) is 4.74 Å². The van der Waals surface area contributed by atoms with E-state index in [9.17, 15) is 26.3 Å². The second kappa shape index (κ2) is 5.51. The maximum Gasteiger partial charge on any atom is 0.525 e. The van der Waals surface area contributed by atoms with Crippen LogP contribution >= 0.6 is 22.6 Å². The molecule has 2 nitrogen and oxygen atoms in total. The number of rotatable bonds is 4. The Bertz CT molecular complexity index is 391. The molecule has 0 aliphatic carbocycles. The van der Waals surface area contributed by atoms with Crippen LogP contribution < -0.4 is 4.74 Å². The number of ether oxygens (including phenoxy) is 2. The summed E-state index contributed by atoms with van der Waals surface area (Å²) < 4.78 is 80.2. The van der Waals surface area contributed by atoms with E-state index in [1.807, 2.05) is 22.6 Å². The average molecular weight is 386 g/mol. The van der Waals surface area contributed by atoms with Gasteiger partial charge in [0.15, 0.2) is 0 Å². The molecule has 18 heavy (non-hydrogen) atoms. The minimum atomic E-state index is -5.52. The van der Waals surface area contributed by atoms with Gasteiger partial charge in [0.25, 0.3) is 0 Å². The van der Waals surface area contributed by atoms with E-state index in [0.29, 0.717) is 3.57 Å². The van der Waals surface area contributed by atoms with Crippen LogP contribution in [-0.4, -0.2) is 18.8 Å². The molecule has 0 spiro atoms. The maximum atomic E-state index is 12.9. The molecule has 1 rings (SSSR count). The third-order valence-corrected chi connectivity index (χ3v) is 2.29. The molecule has 0 bridgehead atoms. The Morgan fingerprint density at radius 2 is 1.50 bits per heavy atom. The fourth-order valence-corrected chi connectivity index (χ4v) is 1.25. The van der Waals surface area contributed by atoms with Gasteiger partial charge in [0.05, 0.1) is 0 Å². The molecule has 0 radical (unpaired) electrons. The van der Waals surface area contributed by atoms with Crippen molar-refractivity contribution in [3.63, 3.8) is 0 Å². The number of hydrogen-bond donors (Lipinski definition) is 0. The van der Waals surface area contributed by atoms with Gasteiger partial charge in [0.2, 0.25) is 0 Å². The van der Waals surface area contributed by atoms with Crippen molar-refractivity contribution in [3.8, 4) is 5.75 Å². The molecule has 0 saturated carbocycles. The number of halogens is 7. The van der Waals surface area contributed by atoms with Gasteiger partial charge in [-0.3, -0.25) is 0 Å². The summed E-state index contributed by atoms with van der Waals surface area (Å²) in [5.74, 6) is -0.478. The molecule has 9 heteroatoms. The van der Waals surface area contributed by atoms with Gasteiger partial charge in [-0.1, -0.05) is 0 Å². The molecular weight excluding hydrogens is 381 g/mol. The van der Waals surface area contributed by atoms with E-state index in [4.69, 9.17) is 0 Å². The first-order valence-electron chi connectivity index (χ1n) is 4.31. The molecule has 0 aliphatic rings. The third-order valence-electron chi connectivity index (χ3n) is 1.57. The first-order valence-corrected chi connectivity index (χ1v) is 5.39. The molecule has 0 fully saturated rings. The van der Waals surface area contributed by atoms with Crippen LogP contribution in [0.2, 0.25) is 0 Å². The molecular formula is C9H5F6IO2. The highest BCUT2D eigenvalue weighted by Gasteiger charge is 2.50. The predicted molar refractivity (Wildman–Crippen MR) is 56.8 cm³/mol. The summed E-state index contributed by atoms with van der Waals surface area (Å²) in [7, 11) is 0. The molecule has 0 unspecified atom stereocenters. The van der Waals surface area contributed by atoms with Crippen LogP contribution in [0.3, 0.4) is 0 Å². The zero-order valence-electron chi connectivity index (χ0n) is 8.35. The second-order valence-electron chi connectivity index (χ2n) is 3.00. The first kappa shape index (κ1) is 15.3. The summed E-state index contributed by atoms with van der Waals surface area (Å²) in [6.07, 6.45) is -14.2. The topological polar surface area (TPSA) is 18.5 Å². The average Bonchev–Trinajstić information content (AvgIpc) is 2.18. The van der Waals surface area contributed by atoms with E-state index < -0.39 is 24.6 Å². The summed E-state index contributed by atoms with van der Waals surface area (Å²) in [6.45, 7) is 0. The Hall–Kier alpha value is -0.710. The lowest BCUT2D eigenvalue weighted by Gasteiger charge is -2.22. The van der Waals surface area contributed by atoms with E-state index in [1.165, 1.54) is 12.1 Å². The molecule has 0 heterocycles. The fourth-order valence-electron chi connectivity index (χ4n) is 0.892. The van der Waals surface area contributed by atoms with Crippen LogP contribution in [0.15, 0.2) is 24.3 Å². The van der Waals surface area contributed by atoms with Gasteiger partial charge >= 0.3 is 18.8 Å². The molecule has 0 aromatic heterocycles. The molecule has 1 atom stereocenters. The second-order valence-corrected chi connectivity index (χ2v) is 4.24. The lowest BCUT2D eigenvalue weighted by molar-refractivity contribution is -0.411. The van der Waals surface area contributed by atoms with Crippen LogP contribution in [0.5, 0.6) is 5.75 Å². The molecule has 0 aliphatic heterocycles. The van der Waals surface area contributed by atoms with E-state index in [0.717, 1.165) is 12.1 Å². The number of alkyl halides is 6. The van der Waals surface area contributed by atoms with Gasteiger partial charge < -0.3 is 4.74 Å². The molecule has 1 aromatic carbocycles. The van der Waals surface area contributed by atoms with Crippen molar-refractivity contribution >= 4 is 22.6 Å². The van der Waals surface area contributed by atoms with Gasteiger partial charge in [-0.05, 0) is 46.9 Å². The quantitative estimate of drug-likeness (QED) is 0.574. The van der Waals surface area contributed by atoms with Crippen LogP contribution in [0.25, 0.3) is 0 Å². The minimum Gasteiger partial charge on any atom is -0.429 e. The highest BCUT2D eigenvalue weighted by atomic mass is 127. The monoisotopic (exact) mass is 386 g/mol. The highest BCUT2D eigenvalue weighted by molar-refractivity contribution is 14.1. The van der Waals surface area contributed by atoms with Gasteiger partial charge in [0, 0.05) is 3.57 Å². The zero-order valence-corrected chi connectivity index (χ0v) is 10.5. The Morgan fingerprint density at radius 1 is 1.00 bits per heavy atom. The minimum absolute atomic E-state index is 0.478. The van der Waals surface area contributed by atoms with E-state index in [1.54, 1.807) is 0 Å². The maximum absolute atomic E-state index is 12.9. The molecule has 102 valence electrons. The van der Waals surface area contributed by atoms with Crippen LogP contribution in [0.1, 0.15) is 0 Å². The van der Waals surface area contributed by atoms with Crippen molar-refractivity contribution in [3.05, 3.63) is 27.8 Å². The first-order chi connectivity index (χ1) is 8.10. The van der Waals surface area contributed by atoms with Gasteiger partial charge in [-0.25, -0.2) is 9.13 Å². The summed E-state index contributed by atoms with van der Waals surface area (Å²) >= 11 is 1.87. The smallest absolute Gasteiger partial charge is 0.429 e. The van der Waals surface area contributed by atoms with Crippen LogP contribution in [0.4, 0.5) is 26.3 Å².